The highest BCUT2D eigenvalue weighted by Gasteiger charge is 2.20. The van der Waals surface area contributed by atoms with Gasteiger partial charge in [-0.25, -0.2) is 4.98 Å². The summed E-state index contributed by atoms with van der Waals surface area (Å²) in [5.41, 5.74) is 5.76. The van der Waals surface area contributed by atoms with E-state index in [0.29, 0.717) is 6.04 Å². The van der Waals surface area contributed by atoms with Gasteiger partial charge in [-0.05, 0) is 38.8 Å². The van der Waals surface area contributed by atoms with Crippen LogP contribution in [0.25, 0.3) is 16.9 Å². The van der Waals surface area contributed by atoms with Crippen LogP contribution in [0.1, 0.15) is 43.4 Å². The molecule has 0 saturated heterocycles. The van der Waals surface area contributed by atoms with Gasteiger partial charge in [-0.2, -0.15) is 0 Å². The van der Waals surface area contributed by atoms with Crippen LogP contribution in [0, 0.1) is 13.8 Å². The standard InChI is InChI=1S/C21H25N3/c1-15-11-13-17(14-12-15)20-21(22-18-8-4-3-5-9-18)24-16(2)7-6-10-19(24)23-20/h6-7,10-14,18,22H,3-5,8-9H2,1-2H3. The molecule has 124 valence electrons. The molecule has 0 unspecified atom stereocenters. The predicted octanol–water partition coefficient (Wildman–Crippen LogP) is 5.36. The van der Waals surface area contributed by atoms with Crippen LogP contribution in [-0.4, -0.2) is 15.4 Å². The number of hydrogen-bond acceptors (Lipinski definition) is 2. The van der Waals surface area contributed by atoms with Crippen molar-refractivity contribution in [3.8, 4) is 11.3 Å². The molecule has 2 heterocycles. The van der Waals surface area contributed by atoms with Crippen molar-refractivity contribution in [1.82, 2.24) is 9.38 Å². The van der Waals surface area contributed by atoms with Gasteiger partial charge >= 0.3 is 0 Å². The molecule has 1 saturated carbocycles. The van der Waals surface area contributed by atoms with Crippen molar-refractivity contribution >= 4 is 11.5 Å². The van der Waals surface area contributed by atoms with Gasteiger partial charge in [0.2, 0.25) is 0 Å². The van der Waals surface area contributed by atoms with E-state index in [1.54, 1.807) is 0 Å². The van der Waals surface area contributed by atoms with Crippen molar-refractivity contribution in [3.63, 3.8) is 0 Å². The summed E-state index contributed by atoms with van der Waals surface area (Å²) in [5.74, 6) is 1.15. The highest BCUT2D eigenvalue weighted by molar-refractivity contribution is 5.77. The van der Waals surface area contributed by atoms with Crippen LogP contribution >= 0.6 is 0 Å². The van der Waals surface area contributed by atoms with Gasteiger partial charge in [-0.1, -0.05) is 55.2 Å². The summed E-state index contributed by atoms with van der Waals surface area (Å²) >= 11 is 0. The second-order valence-electron chi connectivity index (χ2n) is 7.02. The lowest BCUT2D eigenvalue weighted by atomic mass is 9.95. The van der Waals surface area contributed by atoms with Crippen LogP contribution < -0.4 is 5.32 Å². The van der Waals surface area contributed by atoms with Crippen molar-refractivity contribution in [3.05, 3.63) is 53.7 Å². The molecule has 24 heavy (non-hydrogen) atoms. The summed E-state index contributed by atoms with van der Waals surface area (Å²) in [5, 5.41) is 3.83. The van der Waals surface area contributed by atoms with E-state index in [1.807, 2.05) is 0 Å². The molecule has 0 atom stereocenters. The van der Waals surface area contributed by atoms with Gasteiger partial charge in [0, 0.05) is 17.3 Å². The summed E-state index contributed by atoms with van der Waals surface area (Å²) in [6.45, 7) is 4.28. The monoisotopic (exact) mass is 319 g/mol. The zero-order chi connectivity index (χ0) is 16.5. The number of pyridine rings is 1. The Morgan fingerprint density at radius 1 is 0.958 bits per heavy atom. The third-order valence-electron chi connectivity index (χ3n) is 5.11. The highest BCUT2D eigenvalue weighted by atomic mass is 15.2. The Bertz CT molecular complexity index is 839. The smallest absolute Gasteiger partial charge is 0.139 e. The Balaban J connectivity index is 1.83. The SMILES string of the molecule is Cc1ccc(-c2nc3cccc(C)n3c2NC2CCCCC2)cc1. The molecule has 3 aromatic rings. The molecule has 1 N–H and O–H groups in total. The maximum absolute atomic E-state index is 4.94. The summed E-state index contributed by atoms with van der Waals surface area (Å²) in [4.78, 5) is 4.94. The summed E-state index contributed by atoms with van der Waals surface area (Å²) < 4.78 is 2.27. The topological polar surface area (TPSA) is 29.3 Å². The maximum atomic E-state index is 4.94. The van der Waals surface area contributed by atoms with Gasteiger partial charge in [0.25, 0.3) is 0 Å². The van der Waals surface area contributed by atoms with Gasteiger partial charge < -0.3 is 5.32 Å². The third kappa shape index (κ3) is 2.79. The molecule has 1 aliphatic carbocycles. The molecule has 0 aliphatic heterocycles. The first-order valence-electron chi connectivity index (χ1n) is 9.04. The van der Waals surface area contributed by atoms with Gasteiger partial charge in [0.15, 0.2) is 0 Å². The average molecular weight is 319 g/mol. The van der Waals surface area contributed by atoms with Crippen LogP contribution in [-0.2, 0) is 0 Å². The molecular weight excluding hydrogens is 294 g/mol. The molecule has 1 aliphatic rings. The molecule has 3 heteroatoms. The first kappa shape index (κ1) is 15.3. The van der Waals surface area contributed by atoms with Gasteiger partial charge in [0.05, 0.1) is 0 Å². The number of aryl methyl sites for hydroxylation is 2. The summed E-state index contributed by atoms with van der Waals surface area (Å²) in [6.07, 6.45) is 6.54. The molecule has 0 bridgehead atoms. The second-order valence-corrected chi connectivity index (χ2v) is 7.02. The molecule has 3 nitrogen and oxygen atoms in total. The lowest BCUT2D eigenvalue weighted by Gasteiger charge is -2.24. The molecule has 4 rings (SSSR count). The van der Waals surface area contributed by atoms with Crippen molar-refractivity contribution in [1.29, 1.82) is 0 Å². The average Bonchev–Trinajstić information content (AvgIpc) is 2.96. The molecule has 0 spiro atoms. The maximum Gasteiger partial charge on any atom is 0.139 e. The number of anilines is 1. The molecule has 1 aromatic carbocycles. The van der Waals surface area contributed by atoms with E-state index in [1.165, 1.54) is 48.9 Å². The van der Waals surface area contributed by atoms with Crippen molar-refractivity contribution < 1.29 is 0 Å². The molecule has 2 aromatic heterocycles. The van der Waals surface area contributed by atoms with E-state index in [-0.39, 0.29) is 0 Å². The Kier molecular flexibility index (Phi) is 4.01. The lowest BCUT2D eigenvalue weighted by Crippen LogP contribution is -2.23. The minimum Gasteiger partial charge on any atom is -0.367 e. The first-order valence-corrected chi connectivity index (χ1v) is 9.04. The molecule has 0 amide bonds. The predicted molar refractivity (Wildman–Crippen MR) is 101 cm³/mol. The van der Waals surface area contributed by atoms with E-state index < -0.39 is 0 Å². The van der Waals surface area contributed by atoms with Crippen molar-refractivity contribution in [2.75, 3.05) is 5.32 Å². The highest BCUT2D eigenvalue weighted by Crippen LogP contribution is 2.32. The van der Waals surface area contributed by atoms with Crippen LogP contribution in [0.15, 0.2) is 42.5 Å². The van der Waals surface area contributed by atoms with E-state index in [2.05, 4.69) is 66.0 Å². The Labute approximate surface area is 143 Å². The molecular formula is C21H25N3. The van der Waals surface area contributed by atoms with Crippen LogP contribution in [0.4, 0.5) is 5.82 Å². The van der Waals surface area contributed by atoms with Gasteiger partial charge in [-0.3, -0.25) is 4.40 Å². The van der Waals surface area contributed by atoms with Crippen molar-refractivity contribution in [2.24, 2.45) is 0 Å². The van der Waals surface area contributed by atoms with Crippen LogP contribution in [0.2, 0.25) is 0 Å². The minimum absolute atomic E-state index is 0.558. The lowest BCUT2D eigenvalue weighted by molar-refractivity contribution is 0.461. The van der Waals surface area contributed by atoms with Gasteiger partial charge in [0.1, 0.15) is 17.2 Å². The number of aromatic nitrogens is 2. The number of nitrogens with zero attached hydrogens (tertiary/aromatic N) is 2. The number of fused-ring (bicyclic) bond motifs is 1. The van der Waals surface area contributed by atoms with Crippen molar-refractivity contribution in [2.45, 2.75) is 52.0 Å². The Morgan fingerprint density at radius 2 is 1.71 bits per heavy atom. The molecule has 1 fully saturated rings. The number of benzene rings is 1. The van der Waals surface area contributed by atoms with E-state index in [4.69, 9.17) is 4.98 Å². The van der Waals surface area contributed by atoms with E-state index in [0.717, 1.165) is 17.2 Å². The fourth-order valence-electron chi connectivity index (χ4n) is 3.74. The Morgan fingerprint density at radius 3 is 2.46 bits per heavy atom. The molecule has 0 radical (unpaired) electrons. The third-order valence-corrected chi connectivity index (χ3v) is 5.11. The quantitative estimate of drug-likeness (QED) is 0.704. The van der Waals surface area contributed by atoms with Crippen LogP contribution in [0.5, 0.6) is 0 Å². The number of imidazole rings is 1. The minimum atomic E-state index is 0.558. The number of rotatable bonds is 3. The fourth-order valence-corrected chi connectivity index (χ4v) is 3.74. The van der Waals surface area contributed by atoms with E-state index >= 15 is 0 Å². The number of hydrogen-bond donors (Lipinski definition) is 1. The zero-order valence-electron chi connectivity index (χ0n) is 14.5. The second kappa shape index (κ2) is 6.31. The van der Waals surface area contributed by atoms with E-state index in [9.17, 15) is 0 Å². The van der Waals surface area contributed by atoms with Gasteiger partial charge in [-0.15, -0.1) is 0 Å². The Hall–Kier alpha value is -2.29. The largest absolute Gasteiger partial charge is 0.367 e. The number of nitrogens with one attached hydrogen (secondary N) is 1. The first-order chi connectivity index (χ1) is 11.7. The normalized spacial score (nSPS) is 15.8. The summed E-state index contributed by atoms with van der Waals surface area (Å²) in [7, 11) is 0. The van der Waals surface area contributed by atoms with Crippen LogP contribution in [0.3, 0.4) is 0 Å². The summed E-state index contributed by atoms with van der Waals surface area (Å²) in [6, 6.07) is 15.6. The zero-order valence-corrected chi connectivity index (χ0v) is 14.5. The fraction of sp³-hybridized carbons (Fsp3) is 0.381.